The van der Waals surface area contributed by atoms with Crippen LogP contribution in [0, 0.1) is 0 Å². The molecule has 1 amide bonds. The molecule has 0 aliphatic rings. The minimum absolute atomic E-state index is 0.0689. The smallest absolute Gasteiger partial charge is 0.254 e. The van der Waals surface area contributed by atoms with Gasteiger partial charge in [-0.25, -0.2) is 4.98 Å². The van der Waals surface area contributed by atoms with Crippen molar-refractivity contribution in [3.05, 3.63) is 23.4 Å². The largest absolute Gasteiger partial charge is 0.396 e. The number of nitrogens with zero attached hydrogens (tertiary/aromatic N) is 2. The van der Waals surface area contributed by atoms with E-state index in [1.807, 2.05) is 27.7 Å². The number of aliphatic hydroxyl groups is 1. The molecule has 0 saturated carbocycles. The van der Waals surface area contributed by atoms with Gasteiger partial charge in [-0.3, -0.25) is 4.79 Å². The monoisotopic (exact) mass is 279 g/mol. The van der Waals surface area contributed by atoms with Gasteiger partial charge in [-0.05, 0) is 25.5 Å². The molecule has 1 aromatic heterocycles. The van der Waals surface area contributed by atoms with Crippen LogP contribution >= 0.6 is 0 Å². The number of nitrogens with two attached hydrogens (primary N) is 1. The van der Waals surface area contributed by atoms with Crippen LogP contribution in [0.5, 0.6) is 0 Å². The molecule has 0 unspecified atom stereocenters. The lowest BCUT2D eigenvalue weighted by molar-refractivity contribution is 0.0754. The number of rotatable bonds is 5. The van der Waals surface area contributed by atoms with Gasteiger partial charge in [0.15, 0.2) is 0 Å². The van der Waals surface area contributed by atoms with E-state index in [2.05, 4.69) is 4.98 Å². The summed E-state index contributed by atoms with van der Waals surface area (Å²) < 4.78 is 0. The predicted octanol–water partition coefficient (Wildman–Crippen LogP) is 1.81. The quantitative estimate of drug-likeness (QED) is 0.861. The number of pyridine rings is 1. The summed E-state index contributed by atoms with van der Waals surface area (Å²) >= 11 is 0. The first-order valence-electron chi connectivity index (χ1n) is 6.97. The van der Waals surface area contributed by atoms with Crippen molar-refractivity contribution in [1.29, 1.82) is 0 Å². The lowest BCUT2D eigenvalue weighted by Crippen LogP contribution is -2.32. The van der Waals surface area contributed by atoms with E-state index in [1.54, 1.807) is 17.0 Å². The Labute approximate surface area is 120 Å². The zero-order chi connectivity index (χ0) is 15.3. The van der Waals surface area contributed by atoms with E-state index in [-0.39, 0.29) is 17.9 Å². The summed E-state index contributed by atoms with van der Waals surface area (Å²) in [5.41, 5.74) is 7.02. The number of anilines is 1. The molecule has 1 rings (SSSR count). The molecular formula is C15H25N3O2. The van der Waals surface area contributed by atoms with Crippen LogP contribution in [-0.4, -0.2) is 40.6 Å². The van der Waals surface area contributed by atoms with Crippen LogP contribution in [-0.2, 0) is 5.41 Å². The first-order valence-corrected chi connectivity index (χ1v) is 6.97. The lowest BCUT2D eigenvalue weighted by Gasteiger charge is -2.23. The van der Waals surface area contributed by atoms with E-state index >= 15 is 0 Å². The molecule has 0 aromatic carbocycles. The van der Waals surface area contributed by atoms with E-state index < -0.39 is 0 Å². The van der Waals surface area contributed by atoms with Crippen molar-refractivity contribution in [3.63, 3.8) is 0 Å². The van der Waals surface area contributed by atoms with Gasteiger partial charge in [0.25, 0.3) is 5.91 Å². The fourth-order valence-electron chi connectivity index (χ4n) is 1.91. The number of aliphatic hydroxyl groups excluding tert-OH is 1. The molecule has 20 heavy (non-hydrogen) atoms. The average Bonchev–Trinajstić information content (AvgIpc) is 2.37. The fraction of sp³-hybridized carbons (Fsp3) is 0.600. The third-order valence-corrected chi connectivity index (χ3v) is 3.12. The number of hydrogen-bond donors (Lipinski definition) is 2. The molecule has 1 heterocycles. The minimum Gasteiger partial charge on any atom is -0.396 e. The number of hydrogen-bond acceptors (Lipinski definition) is 4. The van der Waals surface area contributed by atoms with Gasteiger partial charge in [0.2, 0.25) is 0 Å². The van der Waals surface area contributed by atoms with Gasteiger partial charge in [-0.15, -0.1) is 0 Å². The molecule has 0 spiro atoms. The van der Waals surface area contributed by atoms with Crippen molar-refractivity contribution in [3.8, 4) is 0 Å². The van der Waals surface area contributed by atoms with Crippen LogP contribution in [0.15, 0.2) is 12.1 Å². The van der Waals surface area contributed by atoms with Gasteiger partial charge >= 0.3 is 0 Å². The summed E-state index contributed by atoms with van der Waals surface area (Å²) in [6, 6.07) is 3.42. The summed E-state index contributed by atoms with van der Waals surface area (Å²) in [5, 5.41) is 8.89. The summed E-state index contributed by atoms with van der Waals surface area (Å²) in [4.78, 5) is 18.5. The Morgan fingerprint density at radius 3 is 2.55 bits per heavy atom. The maximum absolute atomic E-state index is 12.5. The van der Waals surface area contributed by atoms with Crippen LogP contribution in [0.2, 0.25) is 0 Å². The predicted molar refractivity (Wildman–Crippen MR) is 80.6 cm³/mol. The third kappa shape index (κ3) is 4.20. The Morgan fingerprint density at radius 2 is 2.05 bits per heavy atom. The van der Waals surface area contributed by atoms with E-state index in [1.165, 1.54) is 0 Å². The van der Waals surface area contributed by atoms with Gasteiger partial charge in [0.05, 0.1) is 0 Å². The molecule has 3 N–H and O–H groups in total. The maximum Gasteiger partial charge on any atom is 0.254 e. The molecule has 0 aliphatic heterocycles. The molecular weight excluding hydrogens is 254 g/mol. The zero-order valence-electron chi connectivity index (χ0n) is 12.8. The normalized spacial score (nSPS) is 11.4. The van der Waals surface area contributed by atoms with Crippen molar-refractivity contribution >= 4 is 11.7 Å². The second-order valence-corrected chi connectivity index (χ2v) is 5.88. The van der Waals surface area contributed by atoms with Crippen LogP contribution < -0.4 is 5.73 Å². The van der Waals surface area contributed by atoms with E-state index in [0.717, 1.165) is 5.69 Å². The molecule has 112 valence electrons. The fourth-order valence-corrected chi connectivity index (χ4v) is 1.91. The average molecular weight is 279 g/mol. The van der Waals surface area contributed by atoms with Gasteiger partial charge in [0, 0.05) is 36.4 Å². The number of carbonyl (C=O) groups is 1. The Kier molecular flexibility index (Phi) is 5.51. The highest BCUT2D eigenvalue weighted by atomic mass is 16.3. The molecule has 5 heteroatoms. The lowest BCUT2D eigenvalue weighted by atomic mass is 9.90. The van der Waals surface area contributed by atoms with Gasteiger partial charge in [-0.2, -0.15) is 0 Å². The number of aromatic nitrogens is 1. The highest BCUT2D eigenvalue weighted by Gasteiger charge is 2.20. The van der Waals surface area contributed by atoms with Gasteiger partial charge < -0.3 is 15.7 Å². The number of carbonyl (C=O) groups excluding carboxylic acids is 1. The van der Waals surface area contributed by atoms with Crippen LogP contribution in [0.4, 0.5) is 5.82 Å². The number of amides is 1. The number of nitrogen functional groups attached to an aromatic ring is 1. The standard InChI is InChI=1S/C15H25N3O2/c1-5-18(7-6-8-19)14(20)11-9-12(15(2,3)4)17-13(16)10-11/h9-10,19H,5-8H2,1-4H3,(H2,16,17). The Bertz CT molecular complexity index is 467. The highest BCUT2D eigenvalue weighted by molar-refractivity contribution is 5.95. The molecule has 5 nitrogen and oxygen atoms in total. The third-order valence-electron chi connectivity index (χ3n) is 3.12. The minimum atomic E-state index is -0.160. The Morgan fingerprint density at radius 1 is 1.40 bits per heavy atom. The Balaban J connectivity index is 3.06. The molecule has 0 aliphatic carbocycles. The summed E-state index contributed by atoms with van der Waals surface area (Å²) in [7, 11) is 0. The Hall–Kier alpha value is -1.62. The van der Waals surface area contributed by atoms with Crippen LogP contribution in [0.1, 0.15) is 50.2 Å². The topological polar surface area (TPSA) is 79.5 Å². The second kappa shape index (κ2) is 6.70. The van der Waals surface area contributed by atoms with Gasteiger partial charge in [0.1, 0.15) is 5.82 Å². The molecule has 0 atom stereocenters. The summed E-state index contributed by atoms with van der Waals surface area (Å²) in [5.74, 6) is 0.291. The first-order chi connectivity index (χ1) is 9.29. The zero-order valence-corrected chi connectivity index (χ0v) is 12.8. The van der Waals surface area contributed by atoms with E-state index in [0.29, 0.717) is 30.9 Å². The molecule has 0 radical (unpaired) electrons. The molecule has 0 bridgehead atoms. The SMILES string of the molecule is CCN(CCCO)C(=O)c1cc(N)nc(C(C)(C)C)c1. The summed E-state index contributed by atoms with van der Waals surface area (Å²) in [6.45, 7) is 9.25. The van der Waals surface area contributed by atoms with Crippen molar-refractivity contribution in [2.45, 2.75) is 39.5 Å². The van der Waals surface area contributed by atoms with Crippen LogP contribution in [0.3, 0.4) is 0 Å². The molecule has 1 aromatic rings. The summed E-state index contributed by atoms with van der Waals surface area (Å²) in [6.07, 6.45) is 0.576. The highest BCUT2D eigenvalue weighted by Crippen LogP contribution is 2.23. The first kappa shape index (κ1) is 16.4. The van der Waals surface area contributed by atoms with Crippen molar-refractivity contribution < 1.29 is 9.90 Å². The maximum atomic E-state index is 12.5. The molecule has 0 fully saturated rings. The van der Waals surface area contributed by atoms with E-state index in [4.69, 9.17) is 10.8 Å². The van der Waals surface area contributed by atoms with Gasteiger partial charge in [-0.1, -0.05) is 20.8 Å². The van der Waals surface area contributed by atoms with Crippen molar-refractivity contribution in [2.24, 2.45) is 0 Å². The van der Waals surface area contributed by atoms with Crippen molar-refractivity contribution in [2.75, 3.05) is 25.4 Å². The van der Waals surface area contributed by atoms with Crippen molar-refractivity contribution in [1.82, 2.24) is 9.88 Å². The molecule has 0 saturated heterocycles. The van der Waals surface area contributed by atoms with E-state index in [9.17, 15) is 4.79 Å². The van der Waals surface area contributed by atoms with Crippen LogP contribution in [0.25, 0.3) is 0 Å². The second-order valence-electron chi connectivity index (χ2n) is 5.88.